The number of aliphatic hydroxyl groups excluding tert-OH is 1. The van der Waals surface area contributed by atoms with E-state index in [1.807, 2.05) is 31.2 Å². The van der Waals surface area contributed by atoms with E-state index in [4.69, 9.17) is 21.1 Å². The Hall–Kier alpha value is -4.12. The highest BCUT2D eigenvalue weighted by molar-refractivity contribution is 8.00. The van der Waals surface area contributed by atoms with Crippen LogP contribution in [0.15, 0.2) is 89.3 Å². The lowest BCUT2D eigenvalue weighted by Crippen LogP contribution is -2.29. The summed E-state index contributed by atoms with van der Waals surface area (Å²) in [5.41, 5.74) is 2.81. The molecule has 1 saturated heterocycles. The first kappa shape index (κ1) is 29.0. The normalized spacial score (nSPS) is 18.9. The Morgan fingerprint density at radius 1 is 1.19 bits per heavy atom. The minimum absolute atomic E-state index is 0.0127. The number of hydrogen-bond donors (Lipinski definition) is 1. The number of ketones is 1. The second kappa shape index (κ2) is 12.2. The van der Waals surface area contributed by atoms with E-state index in [1.54, 1.807) is 48.5 Å². The topological polar surface area (TPSA) is 102 Å². The molecule has 0 saturated carbocycles. The van der Waals surface area contributed by atoms with Gasteiger partial charge in [0.25, 0.3) is 5.78 Å². The zero-order chi connectivity index (χ0) is 30.1. The van der Waals surface area contributed by atoms with Crippen molar-refractivity contribution in [3.05, 3.63) is 112 Å². The number of carbonyl (C=O) groups is 2. The van der Waals surface area contributed by atoms with E-state index in [1.165, 1.54) is 28.0 Å². The number of halogens is 1. The molecule has 0 unspecified atom stereocenters. The summed E-state index contributed by atoms with van der Waals surface area (Å²) in [6, 6.07) is 18.9. The molecule has 1 amide bonds. The number of nitrogens with zero attached hydrogens (tertiary/aromatic N) is 3. The summed E-state index contributed by atoms with van der Waals surface area (Å²) in [6.45, 7) is 5.94. The summed E-state index contributed by atoms with van der Waals surface area (Å²) >= 11 is 8.93. The highest BCUT2D eigenvalue weighted by Crippen LogP contribution is 2.45. The van der Waals surface area contributed by atoms with Crippen molar-refractivity contribution in [1.29, 1.82) is 0 Å². The molecule has 11 heteroatoms. The minimum atomic E-state index is -0.968. The van der Waals surface area contributed by atoms with Crippen molar-refractivity contribution in [2.45, 2.75) is 35.6 Å². The third-order valence-electron chi connectivity index (χ3n) is 7.07. The third-order valence-corrected chi connectivity index (χ3v) is 9.54. The number of amides is 1. The maximum Gasteiger partial charge on any atom is 0.301 e. The first-order valence-electron chi connectivity index (χ1n) is 13.5. The average molecular weight is 632 g/mol. The molecule has 3 heterocycles. The lowest BCUT2D eigenvalue weighted by atomic mass is 9.94. The number of rotatable bonds is 9. The van der Waals surface area contributed by atoms with Gasteiger partial charge in [-0.1, -0.05) is 77.7 Å². The van der Waals surface area contributed by atoms with Crippen molar-refractivity contribution in [3.63, 3.8) is 0 Å². The van der Waals surface area contributed by atoms with Gasteiger partial charge in [-0.15, -0.1) is 10.2 Å². The maximum atomic E-state index is 13.6. The van der Waals surface area contributed by atoms with E-state index >= 15 is 0 Å². The van der Waals surface area contributed by atoms with E-state index in [9.17, 15) is 14.7 Å². The van der Waals surface area contributed by atoms with Crippen LogP contribution in [0, 0.1) is 0 Å². The molecule has 43 heavy (non-hydrogen) atoms. The van der Waals surface area contributed by atoms with Gasteiger partial charge in [0, 0.05) is 22.8 Å². The summed E-state index contributed by atoms with van der Waals surface area (Å²) in [5, 5.41) is 21.1. The fourth-order valence-corrected chi connectivity index (χ4v) is 7.27. The van der Waals surface area contributed by atoms with E-state index in [-0.39, 0.29) is 29.2 Å². The van der Waals surface area contributed by atoms with Gasteiger partial charge in [-0.3, -0.25) is 14.5 Å². The molecular formula is C32H26ClN3O5S2. The standard InChI is InChI=1S/C32H26ClN3O5S2/c1-3-13-40-23-9-6-8-19(16-23)27-26(28(37)20-11-12-25-22(15-20)14-18(2)41-25)29(38)30(39)36(27)31-34-35-32(43-31)42-17-21-7-4-5-10-24(21)33/h3-12,15-16,18,27,37H,1,13-14,17H2,2H3/b28-26+/t18-,27-/m0/s1. The minimum Gasteiger partial charge on any atom is -0.507 e. The second-order valence-corrected chi connectivity index (χ2v) is 12.6. The molecule has 1 aromatic heterocycles. The lowest BCUT2D eigenvalue weighted by Gasteiger charge is -2.23. The van der Waals surface area contributed by atoms with Crippen LogP contribution >= 0.6 is 34.7 Å². The smallest absolute Gasteiger partial charge is 0.301 e. The largest absolute Gasteiger partial charge is 0.507 e. The van der Waals surface area contributed by atoms with Gasteiger partial charge in [0.2, 0.25) is 5.13 Å². The molecule has 0 bridgehead atoms. The van der Waals surface area contributed by atoms with Gasteiger partial charge in [-0.05, 0) is 60.0 Å². The van der Waals surface area contributed by atoms with Crippen LogP contribution in [0.2, 0.25) is 5.02 Å². The van der Waals surface area contributed by atoms with Gasteiger partial charge in [-0.2, -0.15) is 0 Å². The zero-order valence-electron chi connectivity index (χ0n) is 23.0. The van der Waals surface area contributed by atoms with Crippen LogP contribution in [0.1, 0.15) is 35.2 Å². The quantitative estimate of drug-likeness (QED) is 0.0526. The van der Waals surface area contributed by atoms with Gasteiger partial charge in [0.1, 0.15) is 30.0 Å². The highest BCUT2D eigenvalue weighted by atomic mass is 35.5. The molecule has 218 valence electrons. The summed E-state index contributed by atoms with van der Waals surface area (Å²) in [7, 11) is 0. The number of carbonyl (C=O) groups excluding carboxylic acids is 2. The second-order valence-electron chi connectivity index (χ2n) is 10.0. The Bertz CT molecular complexity index is 1770. The summed E-state index contributed by atoms with van der Waals surface area (Å²) in [4.78, 5) is 28.6. The van der Waals surface area contributed by atoms with Crippen molar-refractivity contribution < 1.29 is 24.2 Å². The Balaban J connectivity index is 1.40. The Morgan fingerprint density at radius 2 is 2.02 bits per heavy atom. The molecule has 2 aliphatic heterocycles. The molecule has 3 aromatic carbocycles. The van der Waals surface area contributed by atoms with E-state index in [0.717, 1.165) is 16.9 Å². The average Bonchev–Trinajstić information content (AvgIpc) is 3.70. The summed E-state index contributed by atoms with van der Waals surface area (Å²) < 4.78 is 12.1. The lowest BCUT2D eigenvalue weighted by molar-refractivity contribution is -0.132. The monoisotopic (exact) mass is 631 g/mol. The van der Waals surface area contributed by atoms with Crippen molar-refractivity contribution in [3.8, 4) is 11.5 Å². The Labute approximate surface area is 261 Å². The van der Waals surface area contributed by atoms with Crippen molar-refractivity contribution in [2.75, 3.05) is 11.5 Å². The predicted molar refractivity (Wildman–Crippen MR) is 168 cm³/mol. The van der Waals surface area contributed by atoms with E-state index < -0.39 is 17.7 Å². The summed E-state index contributed by atoms with van der Waals surface area (Å²) in [5.74, 6) is -0.0709. The molecular weight excluding hydrogens is 606 g/mol. The van der Waals surface area contributed by atoms with E-state index in [2.05, 4.69) is 16.8 Å². The van der Waals surface area contributed by atoms with Crippen LogP contribution in [0.5, 0.6) is 11.5 Å². The fraction of sp³-hybridized carbons (Fsp3) is 0.188. The molecule has 4 aromatic rings. The number of hydrogen-bond acceptors (Lipinski definition) is 9. The molecule has 0 radical (unpaired) electrons. The van der Waals surface area contributed by atoms with Crippen LogP contribution in [0.25, 0.3) is 5.76 Å². The molecule has 0 spiro atoms. The van der Waals surface area contributed by atoms with E-state index in [0.29, 0.717) is 38.4 Å². The van der Waals surface area contributed by atoms with Gasteiger partial charge in [0.15, 0.2) is 4.34 Å². The van der Waals surface area contributed by atoms with Crippen molar-refractivity contribution >= 4 is 57.3 Å². The number of thioether (sulfide) groups is 1. The molecule has 6 rings (SSSR count). The van der Waals surface area contributed by atoms with Crippen LogP contribution < -0.4 is 14.4 Å². The molecule has 2 aliphatic rings. The number of anilines is 1. The van der Waals surface area contributed by atoms with Crippen LogP contribution in [-0.2, 0) is 21.8 Å². The molecule has 1 fully saturated rings. The third kappa shape index (κ3) is 5.78. The van der Waals surface area contributed by atoms with Gasteiger partial charge < -0.3 is 14.6 Å². The van der Waals surface area contributed by atoms with Gasteiger partial charge in [-0.25, -0.2) is 0 Å². The number of aliphatic hydroxyl groups is 1. The number of benzene rings is 3. The van der Waals surface area contributed by atoms with Crippen LogP contribution in [0.4, 0.5) is 5.13 Å². The molecule has 8 nitrogen and oxygen atoms in total. The Morgan fingerprint density at radius 3 is 2.84 bits per heavy atom. The van der Waals surface area contributed by atoms with Gasteiger partial charge in [0.05, 0.1) is 11.6 Å². The number of aromatic nitrogens is 2. The fourth-order valence-electron chi connectivity index (χ4n) is 5.11. The highest BCUT2D eigenvalue weighted by Gasteiger charge is 2.48. The molecule has 2 atom stereocenters. The first-order valence-corrected chi connectivity index (χ1v) is 15.7. The maximum absolute atomic E-state index is 13.6. The molecule has 0 aliphatic carbocycles. The van der Waals surface area contributed by atoms with Gasteiger partial charge >= 0.3 is 5.91 Å². The van der Waals surface area contributed by atoms with Crippen LogP contribution in [-0.4, -0.2) is 39.7 Å². The Kier molecular flexibility index (Phi) is 8.25. The van der Waals surface area contributed by atoms with Crippen LogP contribution in [0.3, 0.4) is 0 Å². The van der Waals surface area contributed by atoms with Crippen molar-refractivity contribution in [1.82, 2.24) is 10.2 Å². The number of Topliss-reactive ketones (excluding diaryl/α,β-unsaturated/α-hetero) is 1. The SMILES string of the molecule is C=CCOc1cccc([C@H]2/C(=C(\O)c3ccc4c(c3)C[C@H](C)O4)C(=O)C(=O)N2c2nnc(SCc3ccccc3Cl)s2)c1. The predicted octanol–water partition coefficient (Wildman–Crippen LogP) is 7.00. The summed E-state index contributed by atoms with van der Waals surface area (Å²) in [6.07, 6.45) is 2.31. The zero-order valence-corrected chi connectivity index (χ0v) is 25.4. The van der Waals surface area contributed by atoms with Crippen molar-refractivity contribution in [2.24, 2.45) is 0 Å². The number of ether oxygens (including phenoxy) is 2. The number of fused-ring (bicyclic) bond motifs is 1. The first-order chi connectivity index (χ1) is 20.8. The molecule has 1 N–H and O–H groups in total.